The van der Waals surface area contributed by atoms with Gasteiger partial charge in [-0.05, 0) is 48.4 Å². The van der Waals surface area contributed by atoms with Gasteiger partial charge in [0.2, 0.25) is 0 Å². The predicted molar refractivity (Wildman–Crippen MR) is 86.5 cm³/mol. The second kappa shape index (κ2) is 6.20. The highest BCUT2D eigenvalue weighted by Crippen LogP contribution is 2.36. The molecule has 23 heavy (non-hydrogen) atoms. The lowest BCUT2D eigenvalue weighted by molar-refractivity contribution is -0.384. The highest BCUT2D eigenvalue weighted by Gasteiger charge is 2.24. The van der Waals surface area contributed by atoms with Gasteiger partial charge in [-0.1, -0.05) is 24.3 Å². The second-order valence-corrected chi connectivity index (χ2v) is 5.64. The molecule has 0 saturated carbocycles. The first-order chi connectivity index (χ1) is 11.1. The van der Waals surface area contributed by atoms with Crippen LogP contribution in [0.3, 0.4) is 0 Å². The van der Waals surface area contributed by atoms with E-state index in [1.165, 1.54) is 36.8 Å². The summed E-state index contributed by atoms with van der Waals surface area (Å²) in [7, 11) is 1.28. The molecule has 1 aliphatic rings. The van der Waals surface area contributed by atoms with Gasteiger partial charge in [-0.2, -0.15) is 0 Å². The van der Waals surface area contributed by atoms with Gasteiger partial charge in [0.1, 0.15) is 0 Å². The number of hydrogen-bond acceptors (Lipinski definition) is 4. The molecule has 0 N–H and O–H groups in total. The monoisotopic (exact) mass is 311 g/mol. The Kier molecular flexibility index (Phi) is 4.10. The van der Waals surface area contributed by atoms with E-state index in [0.717, 1.165) is 19.3 Å². The highest BCUT2D eigenvalue weighted by atomic mass is 16.6. The molecular weight excluding hydrogens is 294 g/mol. The first kappa shape index (κ1) is 15.2. The van der Waals surface area contributed by atoms with Crippen LogP contribution >= 0.6 is 0 Å². The zero-order chi connectivity index (χ0) is 16.4. The largest absolute Gasteiger partial charge is 0.465 e. The fourth-order valence-corrected chi connectivity index (χ4v) is 3.16. The van der Waals surface area contributed by atoms with Gasteiger partial charge in [-0.25, -0.2) is 4.79 Å². The molecule has 118 valence electrons. The number of carbonyl (C=O) groups is 1. The number of benzene rings is 2. The van der Waals surface area contributed by atoms with Crippen LogP contribution in [-0.4, -0.2) is 18.0 Å². The predicted octanol–water partition coefficient (Wildman–Crippen LogP) is 3.93. The van der Waals surface area contributed by atoms with E-state index < -0.39 is 10.9 Å². The summed E-state index contributed by atoms with van der Waals surface area (Å²) >= 11 is 0. The molecule has 0 atom stereocenters. The lowest BCUT2D eigenvalue weighted by Crippen LogP contribution is -2.07. The molecule has 0 bridgehead atoms. The van der Waals surface area contributed by atoms with Crippen molar-refractivity contribution >= 4 is 11.7 Å². The number of esters is 1. The maximum atomic E-state index is 12.0. The summed E-state index contributed by atoms with van der Waals surface area (Å²) in [6.45, 7) is 0. The standard InChI is InChI=1S/C18H17NO4/c1-23-18(20)15-7-4-8-16(19(21)22)17(15)14-10-9-12-5-2-3-6-13(12)11-14/h4,7-11H,2-3,5-6H2,1H3. The summed E-state index contributed by atoms with van der Waals surface area (Å²) < 4.78 is 4.78. The van der Waals surface area contributed by atoms with Crippen LogP contribution in [0.4, 0.5) is 5.69 Å². The second-order valence-electron chi connectivity index (χ2n) is 5.64. The summed E-state index contributed by atoms with van der Waals surface area (Å²) in [5, 5.41) is 11.4. The summed E-state index contributed by atoms with van der Waals surface area (Å²) in [6.07, 6.45) is 4.30. The molecule has 0 unspecified atom stereocenters. The Bertz CT molecular complexity index is 783. The third-order valence-corrected chi connectivity index (χ3v) is 4.28. The van der Waals surface area contributed by atoms with Crippen molar-refractivity contribution in [1.82, 2.24) is 0 Å². The van der Waals surface area contributed by atoms with Crippen molar-refractivity contribution in [2.75, 3.05) is 7.11 Å². The molecule has 3 rings (SSSR count). The van der Waals surface area contributed by atoms with Gasteiger partial charge in [-0.3, -0.25) is 10.1 Å². The van der Waals surface area contributed by atoms with Crippen LogP contribution in [0.15, 0.2) is 36.4 Å². The van der Waals surface area contributed by atoms with Crippen molar-refractivity contribution in [3.8, 4) is 11.1 Å². The smallest absolute Gasteiger partial charge is 0.338 e. The van der Waals surface area contributed by atoms with Crippen LogP contribution in [0.1, 0.15) is 34.3 Å². The molecule has 0 spiro atoms. The molecule has 0 heterocycles. The molecule has 0 saturated heterocycles. The Morgan fingerprint density at radius 2 is 1.87 bits per heavy atom. The topological polar surface area (TPSA) is 69.4 Å². The van der Waals surface area contributed by atoms with Gasteiger partial charge in [0, 0.05) is 6.07 Å². The quantitative estimate of drug-likeness (QED) is 0.489. The first-order valence-corrected chi connectivity index (χ1v) is 7.59. The number of nitrogens with zero attached hydrogens (tertiary/aromatic N) is 1. The summed E-state index contributed by atoms with van der Waals surface area (Å²) in [4.78, 5) is 23.0. The van der Waals surface area contributed by atoms with Crippen LogP contribution in [0.2, 0.25) is 0 Å². The average Bonchev–Trinajstić information content (AvgIpc) is 2.59. The lowest BCUT2D eigenvalue weighted by Gasteiger charge is -2.17. The third kappa shape index (κ3) is 2.82. The molecular formula is C18H17NO4. The van der Waals surface area contributed by atoms with Gasteiger partial charge >= 0.3 is 5.97 Å². The Morgan fingerprint density at radius 3 is 2.57 bits per heavy atom. The van der Waals surface area contributed by atoms with Gasteiger partial charge < -0.3 is 4.74 Å². The van der Waals surface area contributed by atoms with Crippen LogP contribution in [0.25, 0.3) is 11.1 Å². The van der Waals surface area contributed by atoms with E-state index in [2.05, 4.69) is 0 Å². The molecule has 2 aromatic carbocycles. The number of fused-ring (bicyclic) bond motifs is 1. The SMILES string of the molecule is COC(=O)c1cccc([N+](=O)[O-])c1-c1ccc2c(c1)CCCC2. The van der Waals surface area contributed by atoms with Crippen molar-refractivity contribution < 1.29 is 14.5 Å². The van der Waals surface area contributed by atoms with Crippen molar-refractivity contribution in [3.63, 3.8) is 0 Å². The first-order valence-electron chi connectivity index (χ1n) is 7.59. The Hall–Kier alpha value is -2.69. The normalized spacial score (nSPS) is 13.3. The Morgan fingerprint density at radius 1 is 1.13 bits per heavy atom. The molecule has 0 aliphatic heterocycles. The van der Waals surface area contributed by atoms with Gasteiger partial charge in [0.15, 0.2) is 0 Å². The summed E-state index contributed by atoms with van der Waals surface area (Å²) in [5.41, 5.74) is 3.66. The number of nitro benzene ring substituents is 1. The minimum absolute atomic E-state index is 0.0799. The molecule has 5 nitrogen and oxygen atoms in total. The van der Waals surface area contributed by atoms with E-state index in [9.17, 15) is 14.9 Å². The minimum atomic E-state index is -0.568. The van der Waals surface area contributed by atoms with E-state index in [1.54, 1.807) is 6.07 Å². The van der Waals surface area contributed by atoms with Crippen LogP contribution in [-0.2, 0) is 17.6 Å². The number of rotatable bonds is 3. The Balaban J connectivity index is 2.21. The number of hydrogen-bond donors (Lipinski definition) is 0. The maximum absolute atomic E-state index is 12.0. The van der Waals surface area contributed by atoms with E-state index in [0.29, 0.717) is 11.1 Å². The molecule has 0 amide bonds. The molecule has 0 radical (unpaired) electrons. The van der Waals surface area contributed by atoms with Crippen molar-refractivity contribution in [3.05, 3.63) is 63.2 Å². The maximum Gasteiger partial charge on any atom is 0.338 e. The summed E-state index contributed by atoms with van der Waals surface area (Å²) in [5.74, 6) is -0.568. The van der Waals surface area contributed by atoms with Crippen LogP contribution < -0.4 is 0 Å². The lowest BCUT2D eigenvalue weighted by atomic mass is 9.88. The third-order valence-electron chi connectivity index (χ3n) is 4.28. The van der Waals surface area contributed by atoms with Gasteiger partial charge in [0.05, 0.1) is 23.2 Å². The van der Waals surface area contributed by atoms with Crippen molar-refractivity contribution in [2.45, 2.75) is 25.7 Å². The van der Waals surface area contributed by atoms with E-state index in [4.69, 9.17) is 4.74 Å². The molecule has 2 aromatic rings. The fourth-order valence-electron chi connectivity index (χ4n) is 3.16. The Labute approximate surface area is 134 Å². The van der Waals surface area contributed by atoms with Crippen molar-refractivity contribution in [2.24, 2.45) is 0 Å². The van der Waals surface area contributed by atoms with Crippen LogP contribution in [0.5, 0.6) is 0 Å². The zero-order valence-corrected chi connectivity index (χ0v) is 12.9. The van der Waals surface area contributed by atoms with E-state index >= 15 is 0 Å². The number of methoxy groups -OCH3 is 1. The molecule has 0 aromatic heterocycles. The zero-order valence-electron chi connectivity index (χ0n) is 12.9. The van der Waals surface area contributed by atoms with Crippen molar-refractivity contribution in [1.29, 1.82) is 0 Å². The number of aryl methyl sites for hydroxylation is 2. The number of carbonyl (C=O) groups excluding carboxylic acids is 1. The summed E-state index contributed by atoms with van der Waals surface area (Å²) in [6, 6.07) is 10.3. The van der Waals surface area contributed by atoms with Crippen LogP contribution in [0, 0.1) is 10.1 Å². The molecule has 1 aliphatic carbocycles. The fraction of sp³-hybridized carbons (Fsp3) is 0.278. The molecule has 0 fully saturated rings. The van der Waals surface area contributed by atoms with Gasteiger partial charge in [-0.15, -0.1) is 0 Å². The van der Waals surface area contributed by atoms with Gasteiger partial charge in [0.25, 0.3) is 5.69 Å². The highest BCUT2D eigenvalue weighted by molar-refractivity contribution is 6.00. The van der Waals surface area contributed by atoms with E-state index in [1.807, 2.05) is 18.2 Å². The van der Waals surface area contributed by atoms with E-state index in [-0.39, 0.29) is 11.3 Å². The molecule has 5 heteroatoms. The number of ether oxygens (including phenoxy) is 1. The average molecular weight is 311 g/mol. The number of nitro groups is 1. The minimum Gasteiger partial charge on any atom is -0.465 e.